The Labute approximate surface area is 195 Å². The van der Waals surface area contributed by atoms with Crippen molar-refractivity contribution >= 4 is 12.0 Å². The minimum absolute atomic E-state index is 0.0123. The number of carbonyl (C=O) groups is 1. The van der Waals surface area contributed by atoms with E-state index >= 15 is 0 Å². The summed E-state index contributed by atoms with van der Waals surface area (Å²) in [6, 6.07) is 7.55. The lowest BCUT2D eigenvalue weighted by Crippen LogP contribution is -2.43. The van der Waals surface area contributed by atoms with Crippen LogP contribution >= 0.6 is 0 Å². The number of aliphatic hydroxyl groups is 2. The molecule has 1 unspecified atom stereocenters. The summed E-state index contributed by atoms with van der Waals surface area (Å²) in [6.45, 7) is 2.16. The minimum Gasteiger partial charge on any atom is -0.411 e. The molecule has 5 nitrogen and oxygen atoms in total. The topological polar surface area (TPSA) is 90.1 Å². The van der Waals surface area contributed by atoms with Crippen molar-refractivity contribution in [3.63, 3.8) is 0 Å². The number of carbonyl (C=O) groups excluding carboxylic acids is 1. The summed E-state index contributed by atoms with van der Waals surface area (Å²) < 4.78 is 0. The first-order chi connectivity index (χ1) is 15.9. The molecule has 2 fully saturated rings. The van der Waals surface area contributed by atoms with Crippen LogP contribution in [0.3, 0.4) is 0 Å². The molecule has 0 saturated heterocycles. The van der Waals surface area contributed by atoms with Crippen molar-refractivity contribution in [3.8, 4) is 0 Å². The Morgan fingerprint density at radius 3 is 2.67 bits per heavy atom. The van der Waals surface area contributed by atoms with E-state index in [0.29, 0.717) is 18.3 Å². The maximum Gasteiger partial charge on any atom is 0.170 e. The first kappa shape index (κ1) is 22.3. The number of allylic oxidation sites excluding steroid dienone is 5. The minimum atomic E-state index is -0.846. The highest BCUT2D eigenvalue weighted by atomic mass is 16.4. The van der Waals surface area contributed by atoms with Gasteiger partial charge in [-0.1, -0.05) is 54.1 Å². The van der Waals surface area contributed by atoms with Crippen LogP contribution in [0, 0.1) is 17.3 Å². The van der Waals surface area contributed by atoms with Crippen molar-refractivity contribution in [2.75, 3.05) is 6.61 Å². The zero-order valence-electron chi connectivity index (χ0n) is 19.2. The van der Waals surface area contributed by atoms with Gasteiger partial charge in [-0.25, -0.2) is 0 Å². The van der Waals surface area contributed by atoms with E-state index in [-0.39, 0.29) is 23.9 Å². The molecule has 2 saturated carbocycles. The van der Waals surface area contributed by atoms with Gasteiger partial charge < -0.3 is 15.4 Å². The lowest BCUT2D eigenvalue weighted by Gasteiger charge is -2.49. The van der Waals surface area contributed by atoms with Crippen LogP contribution in [0.4, 0.5) is 0 Å². The van der Waals surface area contributed by atoms with Gasteiger partial charge in [-0.05, 0) is 90.5 Å². The van der Waals surface area contributed by atoms with E-state index in [9.17, 15) is 15.0 Å². The Kier molecular flexibility index (Phi) is 5.66. The summed E-state index contributed by atoms with van der Waals surface area (Å²) in [5.41, 5.74) is 4.83. The lowest BCUT2D eigenvalue weighted by atomic mass is 9.55. The Morgan fingerprint density at radius 1 is 1.15 bits per heavy atom. The molecule has 4 aliphatic carbocycles. The average molecular weight is 448 g/mol. The summed E-state index contributed by atoms with van der Waals surface area (Å²) in [5, 5.41) is 32.2. The predicted molar refractivity (Wildman–Crippen MR) is 127 cm³/mol. The van der Waals surface area contributed by atoms with Gasteiger partial charge in [0.15, 0.2) is 5.78 Å². The first-order valence-electron chi connectivity index (χ1n) is 12.1. The van der Waals surface area contributed by atoms with Crippen LogP contribution in [0.2, 0.25) is 0 Å². The highest BCUT2D eigenvalue weighted by Gasteiger charge is 2.54. The van der Waals surface area contributed by atoms with Gasteiger partial charge in [0.05, 0.1) is 24.3 Å². The van der Waals surface area contributed by atoms with Crippen molar-refractivity contribution in [1.29, 1.82) is 0 Å². The number of benzene rings is 1. The van der Waals surface area contributed by atoms with Gasteiger partial charge in [0.2, 0.25) is 0 Å². The van der Waals surface area contributed by atoms with Crippen LogP contribution in [0.5, 0.6) is 0 Å². The van der Waals surface area contributed by atoms with Crippen molar-refractivity contribution in [1.82, 2.24) is 0 Å². The van der Waals surface area contributed by atoms with Crippen LogP contribution in [0.15, 0.2) is 64.4 Å². The van der Waals surface area contributed by atoms with Gasteiger partial charge in [0.1, 0.15) is 0 Å². The number of hydrogen-bond acceptors (Lipinski definition) is 5. The first-order valence-corrected chi connectivity index (χ1v) is 12.1. The highest BCUT2D eigenvalue weighted by Crippen LogP contribution is 2.60. The Morgan fingerprint density at radius 2 is 1.94 bits per heavy atom. The molecule has 0 aromatic heterocycles. The molecule has 0 radical (unpaired) electrons. The fourth-order valence-corrected chi connectivity index (χ4v) is 7.22. The second kappa shape index (κ2) is 8.37. The number of rotatable bonds is 4. The quantitative estimate of drug-likeness (QED) is 0.275. The fourth-order valence-electron chi connectivity index (χ4n) is 7.22. The molecule has 0 amide bonds. The smallest absolute Gasteiger partial charge is 0.170 e. The molecular weight excluding hydrogens is 414 g/mol. The van der Waals surface area contributed by atoms with E-state index in [1.807, 2.05) is 36.4 Å². The molecule has 5 rings (SSSR count). The SMILES string of the molecule is C[C@]12CCC3=C4CC(/C=C\CO)(c5ccc(C=NO)cc5)C(=O)C=C4CC[C@H]3[C@@H]1CC[C@H]2O. The molecule has 3 N–H and O–H groups in total. The zero-order chi connectivity index (χ0) is 23.2. The van der Waals surface area contributed by atoms with Gasteiger partial charge in [0, 0.05) is 0 Å². The standard InChI is InChI=1S/C28H33NO4/c1-27-13-11-21-22(24(27)9-10-25(27)31)8-5-19-15-26(32)28(12-2-14-30,16-23(19)21)20-6-3-18(4-7-20)17-29-33/h2-4,6-7,12,15,17,22,24-25,30-31,33H,5,8-11,13-14,16H2,1H3/b12-2-,29-17?/t22-,24+,25-,27+,28?/m1/s1. The predicted octanol–water partition coefficient (Wildman–Crippen LogP) is 4.46. The molecule has 5 heteroatoms. The molecule has 0 aliphatic heterocycles. The normalized spacial score (nSPS) is 36.2. The lowest BCUT2D eigenvalue weighted by molar-refractivity contribution is -0.118. The molecular formula is C28H33NO4. The molecule has 0 heterocycles. The summed E-state index contributed by atoms with van der Waals surface area (Å²) in [5.74, 6) is 1.07. The number of oxime groups is 1. The second-order valence-corrected chi connectivity index (χ2v) is 10.5. The van der Waals surface area contributed by atoms with Crippen LogP contribution in [-0.4, -0.2) is 40.1 Å². The van der Waals surface area contributed by atoms with Crippen molar-refractivity contribution in [3.05, 3.63) is 70.3 Å². The third-order valence-electron chi connectivity index (χ3n) is 9.07. The molecule has 33 heavy (non-hydrogen) atoms. The third-order valence-corrected chi connectivity index (χ3v) is 9.07. The monoisotopic (exact) mass is 447 g/mol. The Balaban J connectivity index is 1.59. The van der Waals surface area contributed by atoms with E-state index in [0.717, 1.165) is 49.7 Å². The van der Waals surface area contributed by atoms with Gasteiger partial charge >= 0.3 is 0 Å². The maximum atomic E-state index is 13.6. The summed E-state index contributed by atoms with van der Waals surface area (Å²) in [7, 11) is 0. The number of fused-ring (bicyclic) bond motifs is 4. The van der Waals surface area contributed by atoms with E-state index in [1.165, 1.54) is 22.9 Å². The van der Waals surface area contributed by atoms with Gasteiger partial charge in [-0.15, -0.1) is 0 Å². The Hall–Kier alpha value is -2.50. The van der Waals surface area contributed by atoms with Crippen LogP contribution < -0.4 is 0 Å². The Bertz CT molecular complexity index is 1070. The van der Waals surface area contributed by atoms with Gasteiger partial charge in [-0.2, -0.15) is 0 Å². The van der Waals surface area contributed by atoms with Gasteiger partial charge in [-0.3, -0.25) is 4.79 Å². The number of hydrogen-bond donors (Lipinski definition) is 3. The van der Waals surface area contributed by atoms with E-state index in [1.54, 1.807) is 6.08 Å². The molecule has 174 valence electrons. The third kappa shape index (κ3) is 3.44. The van der Waals surface area contributed by atoms with Crippen molar-refractivity contribution in [2.24, 2.45) is 22.4 Å². The van der Waals surface area contributed by atoms with E-state index in [4.69, 9.17) is 5.21 Å². The summed E-state index contributed by atoms with van der Waals surface area (Å²) >= 11 is 0. The van der Waals surface area contributed by atoms with E-state index in [2.05, 4.69) is 12.1 Å². The maximum absolute atomic E-state index is 13.6. The van der Waals surface area contributed by atoms with Crippen LogP contribution in [-0.2, 0) is 10.2 Å². The molecule has 4 aliphatic rings. The van der Waals surface area contributed by atoms with E-state index < -0.39 is 5.41 Å². The zero-order valence-corrected chi connectivity index (χ0v) is 19.2. The molecule has 0 bridgehead atoms. The molecule has 1 aromatic rings. The highest BCUT2D eigenvalue weighted by molar-refractivity contribution is 6.04. The second-order valence-electron chi connectivity index (χ2n) is 10.5. The fraction of sp³-hybridized carbons (Fsp3) is 0.500. The number of nitrogens with zero attached hydrogens (tertiary/aromatic N) is 1. The molecule has 0 spiro atoms. The number of aliphatic hydroxyl groups excluding tert-OH is 2. The van der Waals surface area contributed by atoms with Crippen molar-refractivity contribution in [2.45, 2.75) is 63.4 Å². The molecule has 1 aromatic carbocycles. The van der Waals surface area contributed by atoms with Crippen LogP contribution in [0.1, 0.15) is 63.0 Å². The van der Waals surface area contributed by atoms with Crippen molar-refractivity contribution < 1.29 is 20.2 Å². The van der Waals surface area contributed by atoms with Crippen LogP contribution in [0.25, 0.3) is 0 Å². The van der Waals surface area contributed by atoms with Gasteiger partial charge in [0.25, 0.3) is 0 Å². The summed E-state index contributed by atoms with van der Waals surface area (Å²) in [6.07, 6.45) is 13.1. The largest absolute Gasteiger partial charge is 0.411 e. The average Bonchev–Trinajstić information content (AvgIpc) is 3.13. The summed E-state index contributed by atoms with van der Waals surface area (Å²) in [4.78, 5) is 13.6. The number of ketones is 1. The molecule has 5 atom stereocenters.